The number of benzene rings is 9. The lowest BCUT2D eigenvalue weighted by atomic mass is 9.93. The monoisotopic (exact) mass is 741 g/mol. The molecule has 0 N–H and O–H groups in total. The zero-order chi connectivity index (χ0) is 38.2. The molecule has 6 nitrogen and oxygen atoms in total. The number of rotatable bonds is 5. The van der Waals surface area contributed by atoms with Crippen molar-refractivity contribution in [3.8, 4) is 51.3 Å². The fraction of sp³-hybridized carbons (Fsp3) is 0. The highest BCUT2D eigenvalue weighted by molar-refractivity contribution is 6.25. The smallest absolute Gasteiger partial charge is 0.227 e. The maximum Gasteiger partial charge on any atom is 0.227 e. The second-order valence-corrected chi connectivity index (χ2v) is 14.6. The van der Waals surface area contributed by atoms with Crippen molar-refractivity contribution < 1.29 is 4.42 Å². The van der Waals surface area contributed by atoms with Crippen LogP contribution in [0.15, 0.2) is 192 Å². The third-order valence-corrected chi connectivity index (χ3v) is 11.3. The molecular formula is C52H31N5O. The summed E-state index contributed by atoms with van der Waals surface area (Å²) in [6.07, 6.45) is 0. The fourth-order valence-electron chi connectivity index (χ4n) is 8.53. The summed E-state index contributed by atoms with van der Waals surface area (Å²) in [5, 5.41) is 9.63. The molecule has 0 fully saturated rings. The lowest BCUT2D eigenvalue weighted by molar-refractivity contribution is 0.620. The van der Waals surface area contributed by atoms with Gasteiger partial charge in [-0.05, 0) is 93.0 Å². The molecule has 270 valence electrons. The molecule has 12 rings (SSSR count). The highest BCUT2D eigenvalue weighted by Gasteiger charge is 2.18. The Morgan fingerprint density at radius 3 is 1.53 bits per heavy atom. The van der Waals surface area contributed by atoms with Gasteiger partial charge >= 0.3 is 0 Å². The number of nitrogens with zero attached hydrogens (tertiary/aromatic N) is 5. The number of hydrogen-bond acceptors (Lipinski definition) is 5. The molecule has 0 radical (unpaired) electrons. The van der Waals surface area contributed by atoms with Crippen LogP contribution < -0.4 is 0 Å². The molecule has 3 heterocycles. The van der Waals surface area contributed by atoms with E-state index in [2.05, 4.69) is 138 Å². The molecule has 0 saturated heterocycles. The van der Waals surface area contributed by atoms with Crippen molar-refractivity contribution in [3.05, 3.63) is 188 Å². The zero-order valence-electron chi connectivity index (χ0n) is 31.0. The van der Waals surface area contributed by atoms with E-state index in [1.165, 1.54) is 37.7 Å². The topological polar surface area (TPSA) is 69.6 Å². The van der Waals surface area contributed by atoms with E-state index < -0.39 is 0 Å². The average molecular weight is 742 g/mol. The van der Waals surface area contributed by atoms with Gasteiger partial charge in [0.15, 0.2) is 23.1 Å². The summed E-state index contributed by atoms with van der Waals surface area (Å²) in [7, 11) is 0. The van der Waals surface area contributed by atoms with Gasteiger partial charge < -0.3 is 8.98 Å². The first-order chi connectivity index (χ1) is 28.7. The van der Waals surface area contributed by atoms with Crippen LogP contribution in [0.4, 0.5) is 0 Å². The minimum absolute atomic E-state index is 0.600. The summed E-state index contributed by atoms with van der Waals surface area (Å²) in [6.45, 7) is 0. The largest absolute Gasteiger partial charge is 0.436 e. The average Bonchev–Trinajstić information content (AvgIpc) is 3.89. The molecule has 12 aromatic rings. The van der Waals surface area contributed by atoms with Crippen LogP contribution in [0.3, 0.4) is 0 Å². The van der Waals surface area contributed by atoms with Crippen LogP contribution in [0.2, 0.25) is 0 Å². The van der Waals surface area contributed by atoms with E-state index in [-0.39, 0.29) is 0 Å². The summed E-state index contributed by atoms with van der Waals surface area (Å²) < 4.78 is 8.49. The second-order valence-electron chi connectivity index (χ2n) is 14.6. The van der Waals surface area contributed by atoms with Gasteiger partial charge in [0.1, 0.15) is 5.52 Å². The van der Waals surface area contributed by atoms with E-state index in [4.69, 9.17) is 24.4 Å². The first-order valence-corrected chi connectivity index (χ1v) is 19.4. The van der Waals surface area contributed by atoms with Gasteiger partial charge in [0, 0.05) is 38.7 Å². The van der Waals surface area contributed by atoms with Crippen molar-refractivity contribution >= 4 is 65.2 Å². The third kappa shape index (κ3) is 5.12. The summed E-state index contributed by atoms with van der Waals surface area (Å²) >= 11 is 0. The third-order valence-electron chi connectivity index (χ3n) is 11.3. The molecule has 0 amide bonds. The van der Waals surface area contributed by atoms with Crippen LogP contribution in [0.5, 0.6) is 0 Å². The molecule has 0 unspecified atom stereocenters. The van der Waals surface area contributed by atoms with Gasteiger partial charge in [-0.2, -0.15) is 0 Å². The first kappa shape index (κ1) is 32.3. The predicted octanol–water partition coefficient (Wildman–Crippen LogP) is 13.2. The van der Waals surface area contributed by atoms with Gasteiger partial charge in [-0.1, -0.05) is 127 Å². The number of fused-ring (bicyclic) bond motifs is 10. The highest BCUT2D eigenvalue weighted by atomic mass is 16.3. The molecule has 3 aromatic heterocycles. The van der Waals surface area contributed by atoms with Crippen LogP contribution in [0.1, 0.15) is 0 Å². The normalized spacial score (nSPS) is 11.8. The number of para-hydroxylation sites is 3. The van der Waals surface area contributed by atoms with Crippen LogP contribution in [-0.2, 0) is 0 Å². The van der Waals surface area contributed by atoms with Crippen molar-refractivity contribution in [1.29, 1.82) is 0 Å². The number of oxazole rings is 1. The molecule has 0 aliphatic rings. The lowest BCUT2D eigenvalue weighted by Crippen LogP contribution is -2.00. The van der Waals surface area contributed by atoms with Gasteiger partial charge in [-0.25, -0.2) is 19.9 Å². The van der Waals surface area contributed by atoms with Gasteiger partial charge in [0.05, 0.1) is 11.0 Å². The van der Waals surface area contributed by atoms with Crippen molar-refractivity contribution in [3.63, 3.8) is 0 Å². The molecule has 0 saturated carbocycles. The SMILES string of the molecule is c1ccc(-c2nc(-c3ccc(-n4c5ccccc5c5ccc(-c6nc7ccccc7o6)cc54)cc3)nc(-c3ccc4c5ccccc5c5ccccc5c4c3)n2)cc1. The Morgan fingerprint density at radius 1 is 0.328 bits per heavy atom. The molecular weight excluding hydrogens is 711 g/mol. The van der Waals surface area contributed by atoms with Crippen LogP contribution in [0, 0.1) is 0 Å². The first-order valence-electron chi connectivity index (χ1n) is 19.4. The lowest BCUT2D eigenvalue weighted by Gasteiger charge is -2.13. The molecule has 0 aliphatic heterocycles. The maximum atomic E-state index is 6.19. The molecule has 0 aliphatic carbocycles. The Balaban J connectivity index is 1.000. The van der Waals surface area contributed by atoms with E-state index in [0.717, 1.165) is 55.5 Å². The molecule has 0 bridgehead atoms. The van der Waals surface area contributed by atoms with Crippen molar-refractivity contribution in [2.75, 3.05) is 0 Å². The summed E-state index contributed by atoms with van der Waals surface area (Å²) in [4.78, 5) is 20.1. The highest BCUT2D eigenvalue weighted by Crippen LogP contribution is 2.38. The Hall–Kier alpha value is -7.96. The Bertz CT molecular complexity index is 3500. The van der Waals surface area contributed by atoms with E-state index in [1.54, 1.807) is 0 Å². The minimum Gasteiger partial charge on any atom is -0.436 e. The second kappa shape index (κ2) is 12.8. The van der Waals surface area contributed by atoms with E-state index >= 15 is 0 Å². The minimum atomic E-state index is 0.600. The van der Waals surface area contributed by atoms with Gasteiger partial charge in [-0.15, -0.1) is 0 Å². The number of aromatic nitrogens is 5. The summed E-state index contributed by atoms with van der Waals surface area (Å²) in [5.41, 5.74) is 8.51. The van der Waals surface area contributed by atoms with Crippen LogP contribution in [0.25, 0.3) is 117 Å². The maximum absolute atomic E-state index is 6.19. The van der Waals surface area contributed by atoms with E-state index in [1.807, 2.05) is 54.6 Å². The molecule has 58 heavy (non-hydrogen) atoms. The quantitative estimate of drug-likeness (QED) is 0.164. The molecule has 0 atom stereocenters. The van der Waals surface area contributed by atoms with Crippen molar-refractivity contribution in [2.24, 2.45) is 0 Å². The molecule has 9 aromatic carbocycles. The van der Waals surface area contributed by atoms with Crippen molar-refractivity contribution in [1.82, 2.24) is 24.5 Å². The van der Waals surface area contributed by atoms with Crippen LogP contribution in [-0.4, -0.2) is 24.5 Å². The Morgan fingerprint density at radius 2 is 0.828 bits per heavy atom. The van der Waals surface area contributed by atoms with Crippen molar-refractivity contribution in [2.45, 2.75) is 0 Å². The Labute approximate surface area is 332 Å². The van der Waals surface area contributed by atoms with E-state index in [9.17, 15) is 0 Å². The number of hydrogen-bond donors (Lipinski definition) is 0. The Kier molecular flexibility index (Phi) is 7.13. The van der Waals surface area contributed by atoms with Crippen LogP contribution >= 0.6 is 0 Å². The molecule has 6 heteroatoms. The van der Waals surface area contributed by atoms with E-state index in [0.29, 0.717) is 23.4 Å². The zero-order valence-corrected chi connectivity index (χ0v) is 31.0. The van der Waals surface area contributed by atoms with Gasteiger partial charge in [-0.3, -0.25) is 0 Å². The van der Waals surface area contributed by atoms with Gasteiger partial charge in [0.2, 0.25) is 5.89 Å². The standard InChI is InChI=1S/C52H31N5O/c1-2-12-32(13-3-1)49-54-50(56-51(55-49)34-24-28-41-39-16-5-4-14-37(39)38-15-6-7-17-40(38)44(41)30-34)33-22-26-36(27-23-33)57-46-20-10-8-18-42(46)43-29-25-35(31-47(43)57)52-53-45-19-9-11-21-48(45)58-52/h1-31H. The summed E-state index contributed by atoms with van der Waals surface area (Å²) in [5.74, 6) is 2.46. The molecule has 0 spiro atoms. The van der Waals surface area contributed by atoms with Gasteiger partial charge in [0.25, 0.3) is 0 Å². The summed E-state index contributed by atoms with van der Waals surface area (Å²) in [6, 6.07) is 65.3. The predicted molar refractivity (Wildman–Crippen MR) is 236 cm³/mol. The fourth-order valence-corrected chi connectivity index (χ4v) is 8.53.